The van der Waals surface area contributed by atoms with Crippen LogP contribution in [0.25, 0.3) is 0 Å². The number of rotatable bonds is 11. The molecule has 0 N–H and O–H groups in total. The first-order valence-electron chi connectivity index (χ1n) is 10.6. The van der Waals surface area contributed by atoms with Gasteiger partial charge in [0.05, 0.1) is 6.16 Å². The largest absolute Gasteiger partial charge is 1.00 e. The lowest BCUT2D eigenvalue weighted by Crippen LogP contribution is -3.00. The molecule has 0 aromatic heterocycles. The Morgan fingerprint density at radius 3 is 1.43 bits per heavy atom. The summed E-state index contributed by atoms with van der Waals surface area (Å²) in [6, 6.07) is 33.4. The molecule has 3 aromatic carbocycles. The third kappa shape index (κ3) is 6.77. The standard InChI is InChI=1S/C27H31IP.BrH/c28-23-15-4-2-1-3-5-16-24-29(25-17-9-6-10-18-25,26-19-11-7-12-20-26)27-21-13-8-14-22-27;/h5-14,16-22H,1-4,15,23-24H2;1H/q+1;/p-1. The number of hydrogen-bond acceptors (Lipinski definition) is 0. The number of benzene rings is 3. The number of hydrogen-bond donors (Lipinski definition) is 0. The highest BCUT2D eigenvalue weighted by molar-refractivity contribution is 14.1. The monoisotopic (exact) mass is 592 g/mol. The van der Waals surface area contributed by atoms with Crippen LogP contribution in [0.2, 0.25) is 0 Å². The van der Waals surface area contributed by atoms with Gasteiger partial charge in [0.2, 0.25) is 0 Å². The van der Waals surface area contributed by atoms with E-state index in [9.17, 15) is 0 Å². The molecule has 0 aliphatic heterocycles. The van der Waals surface area contributed by atoms with Gasteiger partial charge < -0.3 is 17.0 Å². The van der Waals surface area contributed by atoms with Crippen LogP contribution in [0.3, 0.4) is 0 Å². The molecule has 3 aromatic rings. The van der Waals surface area contributed by atoms with Crippen molar-refractivity contribution in [1.29, 1.82) is 0 Å². The lowest BCUT2D eigenvalue weighted by atomic mass is 10.1. The third-order valence-corrected chi connectivity index (χ3v) is 10.5. The molecule has 0 saturated carbocycles. The number of unbranched alkanes of at least 4 members (excludes halogenated alkanes) is 4. The van der Waals surface area contributed by atoms with Crippen molar-refractivity contribution in [3.05, 3.63) is 103 Å². The second-order valence-electron chi connectivity index (χ2n) is 7.36. The molecular formula is C27H31BrIP. The van der Waals surface area contributed by atoms with E-state index in [1.807, 2.05) is 0 Å². The van der Waals surface area contributed by atoms with Gasteiger partial charge in [0.15, 0.2) is 0 Å². The van der Waals surface area contributed by atoms with Gasteiger partial charge in [-0.25, -0.2) is 0 Å². The summed E-state index contributed by atoms with van der Waals surface area (Å²) < 4.78 is 1.28. The van der Waals surface area contributed by atoms with Gasteiger partial charge >= 0.3 is 0 Å². The van der Waals surface area contributed by atoms with Gasteiger partial charge in [-0.2, -0.15) is 0 Å². The second kappa shape index (κ2) is 14.2. The molecule has 0 radical (unpaired) electrons. The summed E-state index contributed by atoms with van der Waals surface area (Å²) in [4.78, 5) is 0. The smallest absolute Gasteiger partial charge is 0.115 e. The van der Waals surface area contributed by atoms with Crippen LogP contribution in [0.1, 0.15) is 32.1 Å². The van der Waals surface area contributed by atoms with Gasteiger partial charge in [-0.05, 0) is 60.1 Å². The first-order valence-corrected chi connectivity index (χ1v) is 14.1. The molecule has 0 unspecified atom stereocenters. The lowest BCUT2D eigenvalue weighted by molar-refractivity contribution is -0.00000560. The third-order valence-electron chi connectivity index (χ3n) is 5.39. The Morgan fingerprint density at radius 1 is 0.567 bits per heavy atom. The minimum Gasteiger partial charge on any atom is -1.00 e. The zero-order chi connectivity index (χ0) is 20.2. The maximum atomic E-state index is 2.48. The molecule has 0 nitrogen and oxygen atoms in total. The topological polar surface area (TPSA) is 0 Å². The average molecular weight is 593 g/mol. The fourth-order valence-electron chi connectivity index (χ4n) is 3.87. The maximum Gasteiger partial charge on any atom is 0.115 e. The van der Waals surface area contributed by atoms with E-state index >= 15 is 0 Å². The molecule has 0 saturated heterocycles. The van der Waals surface area contributed by atoms with Gasteiger partial charge in [0, 0.05) is 0 Å². The molecule has 0 spiro atoms. The van der Waals surface area contributed by atoms with Gasteiger partial charge in [0.1, 0.15) is 23.2 Å². The Morgan fingerprint density at radius 2 is 1.00 bits per heavy atom. The van der Waals surface area contributed by atoms with E-state index in [2.05, 4.69) is 126 Å². The maximum absolute atomic E-state index is 2.48. The molecule has 30 heavy (non-hydrogen) atoms. The minimum absolute atomic E-state index is 0. The molecule has 0 amide bonds. The molecular weight excluding hydrogens is 562 g/mol. The van der Waals surface area contributed by atoms with Crippen LogP contribution in [0.5, 0.6) is 0 Å². The van der Waals surface area contributed by atoms with Crippen molar-refractivity contribution in [2.75, 3.05) is 10.6 Å². The first kappa shape index (κ1) is 25.3. The Kier molecular flexibility index (Phi) is 11.9. The van der Waals surface area contributed by atoms with Crippen LogP contribution in [0.4, 0.5) is 0 Å². The van der Waals surface area contributed by atoms with Crippen molar-refractivity contribution in [1.82, 2.24) is 0 Å². The highest BCUT2D eigenvalue weighted by Crippen LogP contribution is 2.55. The quantitative estimate of drug-likeness (QED) is 0.104. The molecule has 0 fully saturated rings. The summed E-state index contributed by atoms with van der Waals surface area (Å²) in [7, 11) is -1.71. The number of alkyl halides is 1. The molecule has 0 heterocycles. The van der Waals surface area contributed by atoms with Crippen molar-refractivity contribution >= 4 is 45.8 Å². The van der Waals surface area contributed by atoms with Crippen LogP contribution in [-0.2, 0) is 0 Å². The lowest BCUT2D eigenvalue weighted by Gasteiger charge is -2.26. The van der Waals surface area contributed by atoms with E-state index in [4.69, 9.17) is 0 Å². The Bertz CT molecular complexity index is 753. The van der Waals surface area contributed by atoms with E-state index < -0.39 is 7.26 Å². The van der Waals surface area contributed by atoms with Crippen molar-refractivity contribution in [3.63, 3.8) is 0 Å². The van der Waals surface area contributed by atoms with Crippen LogP contribution in [0, 0.1) is 0 Å². The van der Waals surface area contributed by atoms with Crippen LogP contribution < -0.4 is 32.9 Å². The number of halogens is 2. The number of allylic oxidation sites excluding steroid dienone is 2. The van der Waals surface area contributed by atoms with Crippen LogP contribution >= 0.6 is 29.9 Å². The predicted octanol–water partition coefficient (Wildman–Crippen LogP) is 3.93. The highest BCUT2D eigenvalue weighted by atomic mass is 127. The summed E-state index contributed by atoms with van der Waals surface area (Å²) in [6.07, 6.45) is 12.5. The Hall–Kier alpha value is -0.960. The Balaban J connectivity index is 0.00000320. The summed E-state index contributed by atoms with van der Waals surface area (Å²) in [5.41, 5.74) is 0. The molecule has 158 valence electrons. The summed E-state index contributed by atoms with van der Waals surface area (Å²) in [5.74, 6) is 0. The highest BCUT2D eigenvalue weighted by Gasteiger charge is 2.43. The van der Waals surface area contributed by atoms with Crippen molar-refractivity contribution in [2.45, 2.75) is 32.1 Å². The summed E-state index contributed by atoms with van der Waals surface area (Å²) in [5, 5.41) is 4.39. The van der Waals surface area contributed by atoms with Crippen molar-refractivity contribution in [3.8, 4) is 0 Å². The van der Waals surface area contributed by atoms with Gasteiger partial charge in [-0.1, -0.05) is 102 Å². The molecule has 0 bridgehead atoms. The average Bonchev–Trinajstić information content (AvgIpc) is 2.80. The molecule has 0 aliphatic rings. The minimum atomic E-state index is -1.71. The van der Waals surface area contributed by atoms with E-state index in [1.165, 1.54) is 52.4 Å². The predicted molar refractivity (Wildman–Crippen MR) is 141 cm³/mol. The van der Waals surface area contributed by atoms with Gasteiger partial charge in [0.25, 0.3) is 0 Å². The first-order chi connectivity index (χ1) is 14.4. The molecule has 0 aliphatic carbocycles. The van der Waals surface area contributed by atoms with Gasteiger partial charge in [-0.15, -0.1) is 0 Å². The molecule has 0 atom stereocenters. The summed E-state index contributed by atoms with van der Waals surface area (Å²) in [6.45, 7) is 0. The fraction of sp³-hybridized carbons (Fsp3) is 0.259. The fourth-order valence-corrected chi connectivity index (χ4v) is 8.45. The van der Waals surface area contributed by atoms with Gasteiger partial charge in [-0.3, -0.25) is 0 Å². The Labute approximate surface area is 207 Å². The molecule has 3 heteroatoms. The summed E-state index contributed by atoms with van der Waals surface area (Å²) >= 11 is 2.48. The zero-order valence-electron chi connectivity index (χ0n) is 17.5. The van der Waals surface area contributed by atoms with E-state index in [0.29, 0.717) is 0 Å². The SMILES string of the molecule is ICCCCCCC=CC[P+](c1ccccc1)(c1ccccc1)c1ccccc1.[Br-]. The zero-order valence-corrected chi connectivity index (χ0v) is 22.1. The van der Waals surface area contributed by atoms with E-state index in [1.54, 1.807) is 0 Å². The van der Waals surface area contributed by atoms with Crippen molar-refractivity contribution in [2.24, 2.45) is 0 Å². The van der Waals surface area contributed by atoms with Crippen LogP contribution in [-0.4, -0.2) is 10.6 Å². The van der Waals surface area contributed by atoms with E-state index in [-0.39, 0.29) is 17.0 Å². The molecule has 3 rings (SSSR count). The second-order valence-corrected chi connectivity index (χ2v) is 12.0. The van der Waals surface area contributed by atoms with Crippen LogP contribution in [0.15, 0.2) is 103 Å². The normalized spacial score (nSPS) is 11.4. The van der Waals surface area contributed by atoms with Crippen molar-refractivity contribution < 1.29 is 17.0 Å². The van der Waals surface area contributed by atoms with E-state index in [0.717, 1.165) is 6.16 Å².